The predicted molar refractivity (Wildman–Crippen MR) is 226 cm³/mol. The van der Waals surface area contributed by atoms with E-state index in [0.717, 1.165) is 58.9 Å². The van der Waals surface area contributed by atoms with Crippen molar-refractivity contribution in [1.82, 2.24) is 40.4 Å². The molecule has 0 spiro atoms. The summed E-state index contributed by atoms with van der Waals surface area (Å²) in [6.45, 7) is 4.86. The van der Waals surface area contributed by atoms with Crippen LogP contribution >= 0.6 is 0 Å². The summed E-state index contributed by atoms with van der Waals surface area (Å²) in [5.41, 5.74) is 4.08. The van der Waals surface area contributed by atoms with Crippen LogP contribution in [0.15, 0.2) is 54.7 Å². The zero-order chi connectivity index (χ0) is 43.0. The minimum atomic E-state index is -0.744. The number of aromatic amines is 2. The minimum Gasteiger partial charge on any atom is -0.453 e. The molecule has 62 heavy (non-hydrogen) atoms. The number of H-pyrrole nitrogens is 2. The van der Waals surface area contributed by atoms with Crippen LogP contribution in [0.1, 0.15) is 76.1 Å². The Morgan fingerprint density at radius 1 is 0.806 bits per heavy atom. The first-order valence-corrected chi connectivity index (χ1v) is 21.7. The van der Waals surface area contributed by atoms with Gasteiger partial charge in [-0.1, -0.05) is 38.1 Å². The molecule has 3 saturated heterocycles. The van der Waals surface area contributed by atoms with E-state index in [1.54, 1.807) is 12.3 Å². The normalized spacial score (nSPS) is 25.1. The van der Waals surface area contributed by atoms with Crippen molar-refractivity contribution in [2.45, 2.75) is 88.6 Å². The summed E-state index contributed by atoms with van der Waals surface area (Å²) in [6.07, 6.45) is 5.09. The zero-order valence-corrected chi connectivity index (χ0v) is 35.2. The summed E-state index contributed by atoms with van der Waals surface area (Å²) in [7, 11) is 2.58. The van der Waals surface area contributed by atoms with E-state index in [2.05, 4.69) is 25.6 Å². The van der Waals surface area contributed by atoms with Gasteiger partial charge in [-0.25, -0.2) is 23.9 Å². The number of halogens is 1. The lowest BCUT2D eigenvalue weighted by Gasteiger charge is -2.35. The average Bonchev–Trinajstić information content (AvgIpc) is 3.90. The van der Waals surface area contributed by atoms with E-state index in [9.17, 15) is 19.2 Å². The predicted octanol–water partition coefficient (Wildman–Crippen LogP) is 6.77. The van der Waals surface area contributed by atoms with E-state index in [0.29, 0.717) is 60.5 Å². The van der Waals surface area contributed by atoms with Crippen LogP contribution in [0.2, 0.25) is 0 Å². The number of ether oxygens (including phenoxy) is 3. The Bertz CT molecular complexity index is 2590. The Morgan fingerprint density at radius 3 is 2.16 bits per heavy atom. The topological polar surface area (TPSA) is 184 Å². The molecule has 0 radical (unpaired) electrons. The monoisotopic (exact) mass is 846 g/mol. The molecule has 10 rings (SSSR count). The molecular weight excluding hydrogens is 796 g/mol. The molecule has 324 valence electrons. The van der Waals surface area contributed by atoms with Crippen molar-refractivity contribution in [3.05, 3.63) is 72.2 Å². The van der Waals surface area contributed by atoms with Gasteiger partial charge in [0.05, 0.1) is 49.2 Å². The lowest BCUT2D eigenvalue weighted by molar-refractivity contribution is -0.138. The zero-order valence-electron chi connectivity index (χ0n) is 35.2. The number of likely N-dealkylation sites (tertiary alicyclic amines) is 2. The van der Waals surface area contributed by atoms with Crippen LogP contribution in [0.3, 0.4) is 0 Å². The van der Waals surface area contributed by atoms with Gasteiger partial charge in [0.2, 0.25) is 11.8 Å². The molecule has 2 aromatic heterocycles. The van der Waals surface area contributed by atoms with E-state index in [4.69, 9.17) is 19.2 Å². The number of imidazole rings is 2. The molecule has 0 bridgehead atoms. The van der Waals surface area contributed by atoms with Crippen molar-refractivity contribution in [2.24, 2.45) is 23.7 Å². The first kappa shape index (κ1) is 40.1. The van der Waals surface area contributed by atoms with E-state index >= 15 is 4.39 Å². The van der Waals surface area contributed by atoms with Crippen molar-refractivity contribution in [1.29, 1.82) is 0 Å². The summed E-state index contributed by atoms with van der Waals surface area (Å²) in [4.78, 5) is 73.0. The van der Waals surface area contributed by atoms with Crippen LogP contribution in [-0.2, 0) is 23.8 Å². The second kappa shape index (κ2) is 15.7. The number of carbonyl (C=O) groups excluding carboxylic acids is 4. The van der Waals surface area contributed by atoms with Crippen molar-refractivity contribution in [3.63, 3.8) is 0 Å². The van der Waals surface area contributed by atoms with Crippen molar-refractivity contribution in [3.8, 4) is 22.4 Å². The Balaban J connectivity index is 0.875. The second-order valence-corrected chi connectivity index (χ2v) is 17.9. The molecule has 5 aliphatic rings. The molecule has 5 aromatic rings. The summed E-state index contributed by atoms with van der Waals surface area (Å²) in [6, 6.07) is 13.3. The first-order valence-electron chi connectivity index (χ1n) is 21.7. The van der Waals surface area contributed by atoms with Crippen molar-refractivity contribution in [2.75, 3.05) is 27.4 Å². The van der Waals surface area contributed by atoms with Gasteiger partial charge in [-0.05, 0) is 103 Å². The van der Waals surface area contributed by atoms with Crippen LogP contribution in [0.4, 0.5) is 14.0 Å². The van der Waals surface area contributed by atoms with Crippen LogP contribution < -0.4 is 10.6 Å². The highest BCUT2D eigenvalue weighted by Gasteiger charge is 2.57. The number of fused-ring (bicyclic) bond motifs is 5. The Kier molecular flexibility index (Phi) is 10.1. The number of methoxy groups -OCH3 is 2. The van der Waals surface area contributed by atoms with Crippen molar-refractivity contribution < 1.29 is 37.8 Å². The summed E-state index contributed by atoms with van der Waals surface area (Å²) < 4.78 is 31.3. The molecule has 4 amide bonds. The SMILES string of the molecule is COC(=O)N[C@H](C(=O)N1C(c2ncc(-c3ccc(-c4ccc5c(ccc6[nH]c([C@@H]7C[C@H]8C[C@H]8N7C(=O)[C@@H](NC(=O)OC)C7CCOCC7)nc65)c4)cc3F)[nH]2)CC2C[C@H]21)C(C)C. The maximum Gasteiger partial charge on any atom is 0.407 e. The summed E-state index contributed by atoms with van der Waals surface area (Å²) in [5, 5.41) is 7.42. The van der Waals surface area contributed by atoms with E-state index in [1.807, 2.05) is 60.0 Å². The third kappa shape index (κ3) is 7.11. The van der Waals surface area contributed by atoms with Crippen LogP contribution in [0, 0.1) is 29.5 Å². The Labute approximate surface area is 357 Å². The number of piperidine rings is 2. The molecule has 2 unspecified atom stereocenters. The fraction of sp³-hybridized carbons (Fsp3) is 0.478. The number of nitrogens with one attached hydrogen (secondary N) is 4. The van der Waals surface area contributed by atoms with Crippen LogP contribution in [0.25, 0.3) is 44.2 Å². The number of hydrogen-bond acceptors (Lipinski definition) is 9. The molecule has 3 aliphatic heterocycles. The third-order valence-corrected chi connectivity index (χ3v) is 13.9. The van der Waals surface area contributed by atoms with E-state index in [-0.39, 0.29) is 47.8 Å². The molecule has 15 nitrogen and oxygen atoms in total. The molecule has 2 saturated carbocycles. The van der Waals surface area contributed by atoms with E-state index in [1.165, 1.54) is 20.3 Å². The largest absolute Gasteiger partial charge is 0.453 e. The highest BCUT2D eigenvalue weighted by Crippen LogP contribution is 2.55. The molecule has 8 atom stereocenters. The van der Waals surface area contributed by atoms with Crippen molar-refractivity contribution >= 4 is 45.8 Å². The van der Waals surface area contributed by atoms with Gasteiger partial charge in [0, 0.05) is 36.2 Å². The highest BCUT2D eigenvalue weighted by atomic mass is 19.1. The molecule has 3 aromatic carbocycles. The lowest BCUT2D eigenvalue weighted by Crippen LogP contribution is -2.54. The highest BCUT2D eigenvalue weighted by molar-refractivity contribution is 6.05. The fourth-order valence-corrected chi connectivity index (χ4v) is 10.4. The standard InChI is InChI=1S/C46H51FN8O7/c1-22(2)38(52-45(58)60-3)43(56)54-34-17-27(34)19-36(54)41-48-21-33(50-41)30-9-6-25(16-31(30)47)24-5-8-29-26(15-24)7-10-32-40(29)51-42(49-32)37-20-28-18-35(28)55(37)44(57)39(53-46(59)61-4)23-11-13-62-14-12-23/h5-10,15-16,21-23,27-28,34-39H,11-14,17-20H2,1-4H3,(H,48,50)(H,49,51)(H,52,58)(H,53,59)/t27?,28-,34-,35-,36?,37+,38+,39+/m1/s1. The number of carbonyl (C=O) groups is 4. The summed E-state index contributed by atoms with van der Waals surface area (Å²) in [5.74, 6) is 1.18. The number of aromatic nitrogens is 4. The van der Waals surface area contributed by atoms with Gasteiger partial charge in [-0.15, -0.1) is 0 Å². The maximum atomic E-state index is 16.0. The van der Waals surface area contributed by atoms with E-state index < -0.39 is 30.1 Å². The third-order valence-electron chi connectivity index (χ3n) is 13.9. The number of rotatable bonds is 10. The van der Waals surface area contributed by atoms with Gasteiger partial charge in [0.1, 0.15) is 29.5 Å². The Hall–Kier alpha value is -6.03. The van der Waals surface area contributed by atoms with Gasteiger partial charge in [0.25, 0.3) is 0 Å². The molecule has 5 heterocycles. The van der Waals surface area contributed by atoms with Crippen LogP contribution in [-0.4, -0.2) is 105 Å². The minimum absolute atomic E-state index is 0.0505. The molecular formula is C46H51FN8O7. The fourth-order valence-electron chi connectivity index (χ4n) is 10.4. The van der Waals surface area contributed by atoms with Gasteiger partial charge < -0.3 is 44.6 Å². The smallest absolute Gasteiger partial charge is 0.407 e. The quantitative estimate of drug-likeness (QED) is 0.118. The van der Waals surface area contributed by atoms with Gasteiger partial charge in [-0.2, -0.15) is 0 Å². The van der Waals surface area contributed by atoms with Gasteiger partial charge >= 0.3 is 12.2 Å². The van der Waals surface area contributed by atoms with Gasteiger partial charge in [0.15, 0.2) is 0 Å². The second-order valence-electron chi connectivity index (χ2n) is 17.9. The molecule has 16 heteroatoms. The number of nitrogens with zero attached hydrogens (tertiary/aromatic N) is 4. The maximum absolute atomic E-state index is 16.0. The number of hydrogen-bond donors (Lipinski definition) is 4. The molecule has 4 N–H and O–H groups in total. The number of benzene rings is 3. The average molecular weight is 847 g/mol. The number of alkyl carbamates (subject to hydrolysis) is 2. The first-order chi connectivity index (χ1) is 30.0. The lowest BCUT2D eigenvalue weighted by atomic mass is 9.90. The number of amides is 4. The van der Waals surface area contributed by atoms with Gasteiger partial charge in [-0.3, -0.25) is 9.59 Å². The van der Waals surface area contributed by atoms with Crippen LogP contribution in [0.5, 0.6) is 0 Å². The summed E-state index contributed by atoms with van der Waals surface area (Å²) >= 11 is 0. The molecule has 2 aliphatic carbocycles. The molecule has 5 fully saturated rings. The Morgan fingerprint density at radius 2 is 1.47 bits per heavy atom.